The lowest BCUT2D eigenvalue weighted by atomic mass is 9.79. The predicted molar refractivity (Wildman–Crippen MR) is 50.8 cm³/mol. The number of rotatable bonds is 1. The van der Waals surface area contributed by atoms with Crippen LogP contribution in [0.1, 0.15) is 30.5 Å². The van der Waals surface area contributed by atoms with Crippen LogP contribution in [-0.4, -0.2) is 23.3 Å². The van der Waals surface area contributed by atoms with Gasteiger partial charge in [-0.1, -0.05) is 6.92 Å². The molecule has 14 heavy (non-hydrogen) atoms. The van der Waals surface area contributed by atoms with Crippen LogP contribution in [0.3, 0.4) is 0 Å². The molecule has 0 saturated heterocycles. The number of aryl methyl sites for hydroxylation is 1. The molecule has 0 radical (unpaired) electrons. The average Bonchev–Trinajstić information content (AvgIpc) is 2.64. The first-order chi connectivity index (χ1) is 6.74. The second-order valence-electron chi connectivity index (χ2n) is 3.82. The number of methoxy groups -OCH3 is 1. The average molecular weight is 194 g/mol. The van der Waals surface area contributed by atoms with E-state index in [0.29, 0.717) is 5.92 Å². The number of carbonyl (C=O) groups is 1. The van der Waals surface area contributed by atoms with Gasteiger partial charge < -0.3 is 4.74 Å². The summed E-state index contributed by atoms with van der Waals surface area (Å²) in [7, 11) is 1.43. The predicted octanol–water partition coefficient (Wildman–Crippen LogP) is 1.25. The van der Waals surface area contributed by atoms with Gasteiger partial charge >= 0.3 is 5.97 Å². The molecule has 0 saturated carbocycles. The molecule has 1 aromatic rings. The van der Waals surface area contributed by atoms with Gasteiger partial charge in [-0.15, -0.1) is 0 Å². The number of esters is 1. The summed E-state index contributed by atoms with van der Waals surface area (Å²) in [6.45, 7) is 2.08. The van der Waals surface area contributed by atoms with Gasteiger partial charge in [0.1, 0.15) is 0 Å². The minimum Gasteiger partial charge on any atom is -0.469 e. The Morgan fingerprint density at radius 2 is 2.50 bits per heavy atom. The number of aromatic amines is 1. The van der Waals surface area contributed by atoms with E-state index in [2.05, 4.69) is 17.1 Å². The number of nitrogens with one attached hydrogen (secondary N) is 1. The van der Waals surface area contributed by atoms with Crippen LogP contribution in [0.25, 0.3) is 0 Å². The van der Waals surface area contributed by atoms with E-state index in [4.69, 9.17) is 4.74 Å². The van der Waals surface area contributed by atoms with Gasteiger partial charge in [0.25, 0.3) is 0 Å². The summed E-state index contributed by atoms with van der Waals surface area (Å²) in [6.07, 6.45) is 3.73. The lowest BCUT2D eigenvalue weighted by molar-refractivity contribution is -0.144. The van der Waals surface area contributed by atoms with Gasteiger partial charge in [-0.3, -0.25) is 9.89 Å². The standard InChI is InChI=1S/C10H14N2O2/c1-6-3-4-8-7(5-11-12-8)9(6)10(13)14-2/h5-6,9H,3-4H2,1-2H3,(H,11,12)/t6-,9-/m0/s1. The van der Waals surface area contributed by atoms with Crippen LogP contribution in [0, 0.1) is 5.92 Å². The van der Waals surface area contributed by atoms with Gasteiger partial charge in [0, 0.05) is 11.3 Å². The lowest BCUT2D eigenvalue weighted by Gasteiger charge is -2.26. The summed E-state index contributed by atoms with van der Waals surface area (Å²) < 4.78 is 4.81. The highest BCUT2D eigenvalue weighted by atomic mass is 16.5. The quantitative estimate of drug-likeness (QED) is 0.684. The van der Waals surface area contributed by atoms with Crippen molar-refractivity contribution in [2.24, 2.45) is 5.92 Å². The Hall–Kier alpha value is -1.32. The van der Waals surface area contributed by atoms with Crippen LogP contribution in [0.2, 0.25) is 0 Å². The first-order valence-corrected chi connectivity index (χ1v) is 4.84. The molecule has 4 heteroatoms. The minimum atomic E-state index is -0.153. The zero-order valence-corrected chi connectivity index (χ0v) is 8.41. The first-order valence-electron chi connectivity index (χ1n) is 4.84. The van der Waals surface area contributed by atoms with E-state index in [1.165, 1.54) is 7.11 Å². The van der Waals surface area contributed by atoms with E-state index < -0.39 is 0 Å². The number of ether oxygens (including phenoxy) is 1. The lowest BCUT2D eigenvalue weighted by Crippen LogP contribution is -2.25. The molecule has 76 valence electrons. The summed E-state index contributed by atoms with van der Waals surface area (Å²) in [5.41, 5.74) is 2.09. The fourth-order valence-electron chi connectivity index (χ4n) is 2.12. The molecular formula is C10H14N2O2. The third-order valence-electron chi connectivity index (χ3n) is 2.96. The van der Waals surface area contributed by atoms with Crippen LogP contribution >= 0.6 is 0 Å². The van der Waals surface area contributed by atoms with Crippen molar-refractivity contribution in [1.29, 1.82) is 0 Å². The number of H-pyrrole nitrogens is 1. The fraction of sp³-hybridized carbons (Fsp3) is 0.600. The largest absolute Gasteiger partial charge is 0.469 e. The molecule has 1 aliphatic carbocycles. The molecule has 0 bridgehead atoms. The van der Waals surface area contributed by atoms with Crippen molar-refractivity contribution in [2.75, 3.05) is 7.11 Å². The summed E-state index contributed by atoms with van der Waals surface area (Å²) in [5, 5.41) is 6.90. The van der Waals surface area contributed by atoms with Gasteiger partial charge in [-0.25, -0.2) is 0 Å². The normalized spacial score (nSPS) is 25.6. The maximum atomic E-state index is 11.6. The maximum Gasteiger partial charge on any atom is 0.313 e. The molecule has 2 atom stereocenters. The Balaban J connectivity index is 2.36. The van der Waals surface area contributed by atoms with Gasteiger partial charge in [0.05, 0.1) is 19.2 Å². The van der Waals surface area contributed by atoms with Crippen molar-refractivity contribution in [3.63, 3.8) is 0 Å². The van der Waals surface area contributed by atoms with E-state index in [-0.39, 0.29) is 11.9 Å². The van der Waals surface area contributed by atoms with Crippen LogP contribution in [0.5, 0.6) is 0 Å². The molecule has 0 aliphatic heterocycles. The summed E-state index contributed by atoms with van der Waals surface area (Å²) >= 11 is 0. The molecule has 0 amide bonds. The van der Waals surface area contributed by atoms with Crippen molar-refractivity contribution >= 4 is 5.97 Å². The van der Waals surface area contributed by atoms with Crippen LogP contribution in [-0.2, 0) is 16.0 Å². The minimum absolute atomic E-state index is 0.137. The van der Waals surface area contributed by atoms with Crippen LogP contribution in [0.15, 0.2) is 6.20 Å². The van der Waals surface area contributed by atoms with E-state index in [9.17, 15) is 4.79 Å². The van der Waals surface area contributed by atoms with Crippen molar-refractivity contribution < 1.29 is 9.53 Å². The molecule has 0 fully saturated rings. The summed E-state index contributed by atoms with van der Waals surface area (Å²) in [5.74, 6) is 0.0508. The van der Waals surface area contributed by atoms with Gasteiger partial charge in [0.2, 0.25) is 0 Å². The van der Waals surface area contributed by atoms with Crippen molar-refractivity contribution in [2.45, 2.75) is 25.7 Å². The topological polar surface area (TPSA) is 55.0 Å². The molecule has 1 aliphatic rings. The molecule has 0 unspecified atom stereocenters. The van der Waals surface area contributed by atoms with E-state index in [1.807, 2.05) is 0 Å². The Kier molecular flexibility index (Phi) is 2.27. The molecule has 1 aromatic heterocycles. The van der Waals surface area contributed by atoms with Crippen LogP contribution < -0.4 is 0 Å². The molecule has 2 rings (SSSR count). The van der Waals surface area contributed by atoms with Crippen LogP contribution in [0.4, 0.5) is 0 Å². The van der Waals surface area contributed by atoms with E-state index in [1.54, 1.807) is 6.20 Å². The van der Waals surface area contributed by atoms with E-state index in [0.717, 1.165) is 24.1 Å². The van der Waals surface area contributed by atoms with E-state index >= 15 is 0 Å². The second kappa shape index (κ2) is 3.44. The third-order valence-corrected chi connectivity index (χ3v) is 2.96. The summed E-state index contributed by atoms with van der Waals surface area (Å²) in [4.78, 5) is 11.6. The number of hydrogen-bond acceptors (Lipinski definition) is 3. The molecule has 1 N–H and O–H groups in total. The Morgan fingerprint density at radius 1 is 1.71 bits per heavy atom. The molecule has 4 nitrogen and oxygen atoms in total. The zero-order chi connectivity index (χ0) is 10.1. The Labute approximate surface area is 82.7 Å². The smallest absolute Gasteiger partial charge is 0.313 e. The number of fused-ring (bicyclic) bond motifs is 1. The number of aromatic nitrogens is 2. The fourth-order valence-corrected chi connectivity index (χ4v) is 2.12. The van der Waals surface area contributed by atoms with Gasteiger partial charge in [-0.05, 0) is 18.8 Å². The Bertz CT molecular complexity index is 346. The highest BCUT2D eigenvalue weighted by molar-refractivity contribution is 5.79. The zero-order valence-electron chi connectivity index (χ0n) is 8.41. The highest BCUT2D eigenvalue weighted by Gasteiger charge is 2.34. The third kappa shape index (κ3) is 1.31. The number of nitrogens with zero attached hydrogens (tertiary/aromatic N) is 1. The van der Waals surface area contributed by atoms with Gasteiger partial charge in [0.15, 0.2) is 0 Å². The monoisotopic (exact) mass is 194 g/mol. The van der Waals surface area contributed by atoms with Crippen molar-refractivity contribution in [3.8, 4) is 0 Å². The van der Waals surface area contributed by atoms with Gasteiger partial charge in [-0.2, -0.15) is 5.10 Å². The summed E-state index contributed by atoms with van der Waals surface area (Å²) in [6, 6.07) is 0. The highest BCUT2D eigenvalue weighted by Crippen LogP contribution is 2.35. The Morgan fingerprint density at radius 3 is 3.21 bits per heavy atom. The maximum absolute atomic E-state index is 11.6. The van der Waals surface area contributed by atoms with Crippen molar-refractivity contribution in [3.05, 3.63) is 17.5 Å². The molecule has 1 heterocycles. The molecule has 0 spiro atoms. The molecular weight excluding hydrogens is 180 g/mol. The first kappa shape index (κ1) is 9.24. The second-order valence-corrected chi connectivity index (χ2v) is 3.82. The molecule has 0 aromatic carbocycles. The van der Waals surface area contributed by atoms with Crippen molar-refractivity contribution in [1.82, 2.24) is 10.2 Å². The SMILES string of the molecule is COC(=O)[C@@H]1c2cn[nH]c2CC[C@@H]1C. The number of hydrogen-bond donors (Lipinski definition) is 1. The number of carbonyl (C=O) groups excluding carboxylic acids is 1.